The minimum Gasteiger partial charge on any atom is -0.511 e. The highest BCUT2D eigenvalue weighted by atomic mass is 16.3. The molecule has 22 heavy (non-hydrogen) atoms. The smallest absolute Gasteiger partial charge is 0.170 e. The number of aliphatic hydroxyl groups excluding tert-OH is 3. The summed E-state index contributed by atoms with van der Waals surface area (Å²) in [6.45, 7) is 5.88. The largest absolute Gasteiger partial charge is 0.511 e. The zero-order valence-corrected chi connectivity index (χ0v) is 13.1. The molecule has 4 unspecified atom stereocenters. The van der Waals surface area contributed by atoms with Crippen LogP contribution in [-0.4, -0.2) is 33.3 Å². The highest BCUT2D eigenvalue weighted by Gasteiger charge is 2.48. The predicted molar refractivity (Wildman–Crippen MR) is 83.4 cm³/mol. The van der Waals surface area contributed by atoms with E-state index in [0.29, 0.717) is 5.57 Å². The van der Waals surface area contributed by atoms with Gasteiger partial charge in [-0.3, -0.25) is 4.79 Å². The molecule has 4 heteroatoms. The third-order valence-electron chi connectivity index (χ3n) is 5.04. The van der Waals surface area contributed by atoms with Crippen LogP contribution >= 0.6 is 0 Å². The number of fused-ring (bicyclic) bond motifs is 1. The van der Waals surface area contributed by atoms with Gasteiger partial charge in [0.1, 0.15) is 5.76 Å². The van der Waals surface area contributed by atoms with Crippen LogP contribution in [0.4, 0.5) is 0 Å². The van der Waals surface area contributed by atoms with Gasteiger partial charge in [0.15, 0.2) is 5.78 Å². The minimum atomic E-state index is -0.891. The predicted octanol–water partition coefficient (Wildman–Crippen LogP) is 2.21. The molecular formula is C18H22O4. The van der Waals surface area contributed by atoms with Crippen molar-refractivity contribution in [2.75, 3.05) is 0 Å². The van der Waals surface area contributed by atoms with Gasteiger partial charge >= 0.3 is 0 Å². The van der Waals surface area contributed by atoms with Crippen molar-refractivity contribution in [1.82, 2.24) is 0 Å². The number of allylic oxidation sites excluding steroid dienone is 2. The fraction of sp³-hybridized carbons (Fsp3) is 0.500. The van der Waals surface area contributed by atoms with Crippen molar-refractivity contribution in [2.24, 2.45) is 11.8 Å². The van der Waals surface area contributed by atoms with Crippen LogP contribution in [0.3, 0.4) is 0 Å². The molecule has 0 radical (unpaired) electrons. The Kier molecular flexibility index (Phi) is 3.62. The van der Waals surface area contributed by atoms with Crippen molar-refractivity contribution in [3.05, 3.63) is 40.1 Å². The molecule has 1 fully saturated rings. The molecule has 3 N–H and O–H groups in total. The van der Waals surface area contributed by atoms with Crippen molar-refractivity contribution < 1.29 is 20.1 Å². The molecule has 2 aliphatic rings. The maximum absolute atomic E-state index is 12.8. The normalized spacial score (nSPS) is 31.6. The number of hydrogen-bond acceptors (Lipinski definition) is 4. The third kappa shape index (κ3) is 2.18. The van der Waals surface area contributed by atoms with Crippen molar-refractivity contribution in [3.8, 4) is 0 Å². The van der Waals surface area contributed by atoms with Gasteiger partial charge in [-0.05, 0) is 50.3 Å². The first-order chi connectivity index (χ1) is 10.3. The van der Waals surface area contributed by atoms with E-state index in [9.17, 15) is 20.1 Å². The number of aliphatic hydroxyl groups is 3. The second kappa shape index (κ2) is 5.21. The number of carbonyl (C=O) groups is 1. The summed E-state index contributed by atoms with van der Waals surface area (Å²) in [4.78, 5) is 12.8. The van der Waals surface area contributed by atoms with E-state index in [1.807, 2.05) is 32.9 Å². The lowest BCUT2D eigenvalue weighted by Crippen LogP contribution is -2.39. The van der Waals surface area contributed by atoms with Crippen molar-refractivity contribution in [2.45, 2.75) is 45.8 Å². The lowest BCUT2D eigenvalue weighted by atomic mass is 9.77. The molecule has 0 amide bonds. The Balaban J connectivity index is 2.10. The van der Waals surface area contributed by atoms with E-state index in [2.05, 4.69) is 0 Å². The molecule has 4 nitrogen and oxygen atoms in total. The summed E-state index contributed by atoms with van der Waals surface area (Å²) in [6.07, 6.45) is -1.33. The Morgan fingerprint density at radius 1 is 0.955 bits per heavy atom. The van der Waals surface area contributed by atoms with Gasteiger partial charge in [-0.1, -0.05) is 17.7 Å². The van der Waals surface area contributed by atoms with Crippen LogP contribution in [0.5, 0.6) is 0 Å². The molecule has 0 bridgehead atoms. The van der Waals surface area contributed by atoms with Crippen LogP contribution in [0, 0.1) is 32.6 Å². The fourth-order valence-electron chi connectivity index (χ4n) is 4.08. The number of Topliss-reactive ketones (excluding diaryl/α,β-unsaturated/α-hetero) is 1. The Bertz CT molecular complexity index is 651. The second-order valence-corrected chi connectivity index (χ2v) is 6.72. The SMILES string of the molecule is Cc1cc(C)c(C2=C(O)C3CC(O)C(O)CC3C2=O)c(C)c1. The maximum atomic E-state index is 12.8. The van der Waals surface area contributed by atoms with E-state index in [4.69, 9.17) is 0 Å². The first kappa shape index (κ1) is 15.3. The Morgan fingerprint density at radius 3 is 2.00 bits per heavy atom. The van der Waals surface area contributed by atoms with Gasteiger partial charge in [-0.25, -0.2) is 0 Å². The molecule has 1 aromatic carbocycles. The molecule has 0 saturated heterocycles. The van der Waals surface area contributed by atoms with Gasteiger partial charge in [-0.15, -0.1) is 0 Å². The lowest BCUT2D eigenvalue weighted by molar-refractivity contribution is -0.122. The topological polar surface area (TPSA) is 77.8 Å². The molecule has 1 saturated carbocycles. The van der Waals surface area contributed by atoms with Gasteiger partial charge in [-0.2, -0.15) is 0 Å². The Morgan fingerprint density at radius 2 is 1.45 bits per heavy atom. The highest BCUT2D eigenvalue weighted by Crippen LogP contribution is 2.47. The van der Waals surface area contributed by atoms with Crippen LogP contribution in [-0.2, 0) is 4.79 Å². The lowest BCUT2D eigenvalue weighted by Gasteiger charge is -2.32. The first-order valence-electron chi connectivity index (χ1n) is 7.73. The molecule has 118 valence electrons. The number of aryl methyl sites for hydroxylation is 3. The molecule has 2 aliphatic carbocycles. The standard InChI is InChI=1S/C18H22O4/c1-8-4-9(2)15(10(3)5-8)16-17(21)11-6-13(19)14(20)7-12(11)18(16)22/h4-5,11-14,19-21H,6-7H2,1-3H3. The zero-order valence-electron chi connectivity index (χ0n) is 13.1. The molecule has 1 aromatic rings. The highest BCUT2D eigenvalue weighted by molar-refractivity contribution is 6.25. The van der Waals surface area contributed by atoms with Crippen molar-refractivity contribution >= 4 is 11.4 Å². The number of benzene rings is 1. The average Bonchev–Trinajstić information content (AvgIpc) is 2.64. The van der Waals surface area contributed by atoms with Gasteiger partial charge in [0.2, 0.25) is 0 Å². The molecule has 4 atom stereocenters. The summed E-state index contributed by atoms with van der Waals surface area (Å²) in [6, 6.07) is 4.00. The first-order valence-corrected chi connectivity index (χ1v) is 7.73. The summed E-state index contributed by atoms with van der Waals surface area (Å²) in [5.74, 6) is -0.825. The number of carbonyl (C=O) groups excluding carboxylic acids is 1. The zero-order chi connectivity index (χ0) is 16.2. The van der Waals surface area contributed by atoms with E-state index >= 15 is 0 Å². The van der Waals surface area contributed by atoms with Crippen LogP contribution in [0.15, 0.2) is 17.9 Å². The van der Waals surface area contributed by atoms with E-state index in [1.165, 1.54) is 0 Å². The van der Waals surface area contributed by atoms with E-state index in [1.54, 1.807) is 0 Å². The molecule has 0 spiro atoms. The van der Waals surface area contributed by atoms with Crippen LogP contribution < -0.4 is 0 Å². The molecular weight excluding hydrogens is 280 g/mol. The summed E-state index contributed by atoms with van der Waals surface area (Å²) in [5.41, 5.74) is 4.23. The van der Waals surface area contributed by atoms with E-state index in [-0.39, 0.29) is 30.3 Å². The number of rotatable bonds is 1. The van der Waals surface area contributed by atoms with Gasteiger partial charge in [0, 0.05) is 11.8 Å². The maximum Gasteiger partial charge on any atom is 0.170 e. The summed E-state index contributed by atoms with van der Waals surface area (Å²) < 4.78 is 0. The quantitative estimate of drug-likeness (QED) is 0.743. The molecule has 0 heterocycles. The third-order valence-corrected chi connectivity index (χ3v) is 5.04. The van der Waals surface area contributed by atoms with Crippen LogP contribution in [0.25, 0.3) is 5.57 Å². The average molecular weight is 302 g/mol. The van der Waals surface area contributed by atoms with Crippen molar-refractivity contribution in [3.63, 3.8) is 0 Å². The molecule has 3 rings (SSSR count). The minimum absolute atomic E-state index is 0.0796. The van der Waals surface area contributed by atoms with Crippen LogP contribution in [0.2, 0.25) is 0 Å². The Hall–Kier alpha value is -1.65. The van der Waals surface area contributed by atoms with Gasteiger partial charge < -0.3 is 15.3 Å². The van der Waals surface area contributed by atoms with Crippen molar-refractivity contribution in [1.29, 1.82) is 0 Å². The molecule has 0 aromatic heterocycles. The van der Waals surface area contributed by atoms with E-state index in [0.717, 1.165) is 22.3 Å². The van der Waals surface area contributed by atoms with E-state index < -0.39 is 18.1 Å². The second-order valence-electron chi connectivity index (χ2n) is 6.72. The summed E-state index contributed by atoms with van der Waals surface area (Å²) in [5, 5.41) is 30.3. The Labute approximate surface area is 130 Å². The fourth-order valence-corrected chi connectivity index (χ4v) is 4.08. The summed E-state index contributed by atoms with van der Waals surface area (Å²) in [7, 11) is 0. The summed E-state index contributed by atoms with van der Waals surface area (Å²) >= 11 is 0. The monoisotopic (exact) mass is 302 g/mol. The van der Waals surface area contributed by atoms with Gasteiger partial charge in [0.05, 0.1) is 17.8 Å². The molecule has 0 aliphatic heterocycles. The number of ketones is 1. The number of hydrogen-bond donors (Lipinski definition) is 3. The van der Waals surface area contributed by atoms with Gasteiger partial charge in [0.25, 0.3) is 0 Å². The van der Waals surface area contributed by atoms with Crippen LogP contribution in [0.1, 0.15) is 35.1 Å².